The Kier molecular flexibility index (Phi) is 5.68. The van der Waals surface area contributed by atoms with Gasteiger partial charge < -0.3 is 16.0 Å². The number of aryl methyl sites for hydroxylation is 1. The summed E-state index contributed by atoms with van der Waals surface area (Å²) in [6.07, 6.45) is 0.831. The maximum Gasteiger partial charge on any atom is 0.133 e. The van der Waals surface area contributed by atoms with Gasteiger partial charge in [-0.25, -0.2) is 4.98 Å². The summed E-state index contributed by atoms with van der Waals surface area (Å²) in [6, 6.07) is 27.0. The molecule has 4 nitrogen and oxygen atoms in total. The average Bonchev–Trinajstić information content (AvgIpc) is 2.75. The number of pyridine rings is 1. The van der Waals surface area contributed by atoms with Gasteiger partial charge in [0.1, 0.15) is 5.82 Å². The zero-order valence-electron chi connectivity index (χ0n) is 17.8. The van der Waals surface area contributed by atoms with Crippen molar-refractivity contribution in [1.82, 2.24) is 4.98 Å². The van der Waals surface area contributed by atoms with E-state index in [2.05, 4.69) is 91.9 Å². The van der Waals surface area contributed by atoms with E-state index in [0.717, 1.165) is 40.1 Å². The van der Waals surface area contributed by atoms with Gasteiger partial charge in [0, 0.05) is 43.0 Å². The molecule has 30 heavy (non-hydrogen) atoms. The number of aromatic nitrogens is 1. The Morgan fingerprint density at radius 3 is 2.37 bits per heavy atom. The van der Waals surface area contributed by atoms with Crippen LogP contribution in [0.2, 0.25) is 0 Å². The molecule has 0 aliphatic heterocycles. The lowest BCUT2D eigenvalue weighted by molar-refractivity contribution is 0.719. The Hall–Kier alpha value is -3.37. The smallest absolute Gasteiger partial charge is 0.133 e. The van der Waals surface area contributed by atoms with Crippen LogP contribution in [0.1, 0.15) is 22.7 Å². The van der Waals surface area contributed by atoms with E-state index >= 15 is 0 Å². The normalized spacial score (nSPS) is 12.0. The minimum Gasteiger partial charge on any atom is -0.377 e. The van der Waals surface area contributed by atoms with Gasteiger partial charge in [0.2, 0.25) is 0 Å². The standard InChI is InChI=1S/C26H28N4/c1-18-8-4-5-9-20(18)16-23(27)19-12-14-21(15-13-19)28-26-17-25(30(2)3)22-10-6-7-11-24(22)29-26/h4-15,17,23H,16,27H2,1-3H3,(H,28,29). The molecule has 0 bridgehead atoms. The van der Waals surface area contributed by atoms with E-state index in [0.29, 0.717) is 0 Å². The number of fused-ring (bicyclic) bond motifs is 1. The molecule has 0 radical (unpaired) electrons. The van der Waals surface area contributed by atoms with Gasteiger partial charge >= 0.3 is 0 Å². The van der Waals surface area contributed by atoms with Crippen molar-refractivity contribution in [2.24, 2.45) is 5.73 Å². The van der Waals surface area contributed by atoms with Gasteiger partial charge in [0.05, 0.1) is 5.52 Å². The van der Waals surface area contributed by atoms with Crippen LogP contribution < -0.4 is 16.0 Å². The molecule has 1 heterocycles. The van der Waals surface area contributed by atoms with Crippen LogP contribution in [0.5, 0.6) is 0 Å². The van der Waals surface area contributed by atoms with Crippen molar-refractivity contribution < 1.29 is 0 Å². The van der Waals surface area contributed by atoms with Crippen LogP contribution in [0, 0.1) is 6.92 Å². The second kappa shape index (κ2) is 8.56. The Balaban J connectivity index is 1.53. The first-order valence-corrected chi connectivity index (χ1v) is 10.3. The Bertz CT molecular complexity index is 1150. The molecule has 0 fully saturated rings. The molecular weight excluding hydrogens is 368 g/mol. The highest BCUT2D eigenvalue weighted by Gasteiger charge is 2.10. The van der Waals surface area contributed by atoms with Crippen molar-refractivity contribution >= 4 is 28.1 Å². The summed E-state index contributed by atoms with van der Waals surface area (Å²) in [5.74, 6) is 0.828. The molecule has 1 aromatic heterocycles. The van der Waals surface area contributed by atoms with Crippen LogP contribution in [-0.4, -0.2) is 19.1 Å². The number of hydrogen-bond acceptors (Lipinski definition) is 4. The molecule has 0 saturated carbocycles. The molecule has 0 saturated heterocycles. The first kappa shape index (κ1) is 19.9. The number of anilines is 3. The molecule has 4 heteroatoms. The minimum atomic E-state index is -0.0284. The highest BCUT2D eigenvalue weighted by atomic mass is 15.1. The Labute approximate surface area is 178 Å². The van der Waals surface area contributed by atoms with E-state index in [9.17, 15) is 0 Å². The molecular formula is C26H28N4. The van der Waals surface area contributed by atoms with E-state index in [1.165, 1.54) is 11.1 Å². The first-order chi connectivity index (χ1) is 14.5. The molecule has 3 N–H and O–H groups in total. The highest BCUT2D eigenvalue weighted by Crippen LogP contribution is 2.29. The van der Waals surface area contributed by atoms with Gasteiger partial charge in [-0.1, -0.05) is 54.6 Å². The SMILES string of the molecule is Cc1ccccc1CC(N)c1ccc(Nc2cc(N(C)C)c3ccccc3n2)cc1. The summed E-state index contributed by atoms with van der Waals surface area (Å²) < 4.78 is 0. The van der Waals surface area contributed by atoms with Crippen LogP contribution in [0.4, 0.5) is 17.2 Å². The van der Waals surface area contributed by atoms with Crippen molar-refractivity contribution in [3.05, 3.63) is 95.6 Å². The van der Waals surface area contributed by atoms with Crippen LogP contribution in [0.15, 0.2) is 78.9 Å². The lowest BCUT2D eigenvalue weighted by atomic mass is 9.97. The molecule has 152 valence electrons. The Morgan fingerprint density at radius 2 is 1.63 bits per heavy atom. The summed E-state index contributed by atoms with van der Waals surface area (Å²) in [5, 5.41) is 4.58. The molecule has 0 amide bonds. The van der Waals surface area contributed by atoms with E-state index in [1.807, 2.05) is 18.2 Å². The molecule has 1 atom stereocenters. The average molecular weight is 397 g/mol. The van der Waals surface area contributed by atoms with Crippen molar-refractivity contribution in [1.29, 1.82) is 0 Å². The third-order valence-corrected chi connectivity index (χ3v) is 5.49. The molecule has 3 aromatic carbocycles. The quantitative estimate of drug-likeness (QED) is 0.446. The predicted octanol–water partition coefficient (Wildman–Crippen LogP) is 5.60. The zero-order chi connectivity index (χ0) is 21.1. The molecule has 0 aliphatic rings. The topological polar surface area (TPSA) is 54.2 Å². The van der Waals surface area contributed by atoms with E-state index in [1.54, 1.807) is 0 Å². The third-order valence-electron chi connectivity index (χ3n) is 5.49. The Morgan fingerprint density at radius 1 is 0.933 bits per heavy atom. The van der Waals surface area contributed by atoms with Crippen LogP contribution in [-0.2, 0) is 6.42 Å². The van der Waals surface area contributed by atoms with Gasteiger partial charge in [-0.05, 0) is 48.2 Å². The largest absolute Gasteiger partial charge is 0.377 e. The summed E-state index contributed by atoms with van der Waals surface area (Å²) >= 11 is 0. The monoisotopic (exact) mass is 396 g/mol. The summed E-state index contributed by atoms with van der Waals surface area (Å²) in [6.45, 7) is 2.13. The van der Waals surface area contributed by atoms with E-state index < -0.39 is 0 Å². The lowest BCUT2D eigenvalue weighted by Gasteiger charge is -2.18. The van der Waals surface area contributed by atoms with Crippen molar-refractivity contribution in [3.63, 3.8) is 0 Å². The second-order valence-corrected chi connectivity index (χ2v) is 7.92. The second-order valence-electron chi connectivity index (χ2n) is 7.92. The summed E-state index contributed by atoms with van der Waals surface area (Å²) in [5.41, 5.74) is 13.3. The highest BCUT2D eigenvalue weighted by molar-refractivity contribution is 5.93. The molecule has 0 spiro atoms. The first-order valence-electron chi connectivity index (χ1n) is 10.3. The number of nitrogens with two attached hydrogens (primary N) is 1. The zero-order valence-corrected chi connectivity index (χ0v) is 17.8. The third kappa shape index (κ3) is 4.29. The van der Waals surface area contributed by atoms with Gasteiger partial charge in [-0.2, -0.15) is 0 Å². The van der Waals surface area contributed by atoms with E-state index in [-0.39, 0.29) is 6.04 Å². The number of hydrogen-bond donors (Lipinski definition) is 2. The van der Waals surface area contributed by atoms with Crippen LogP contribution >= 0.6 is 0 Å². The number of nitrogens with zero attached hydrogens (tertiary/aromatic N) is 2. The van der Waals surface area contributed by atoms with Gasteiger partial charge in [0.15, 0.2) is 0 Å². The van der Waals surface area contributed by atoms with Crippen molar-refractivity contribution in [3.8, 4) is 0 Å². The molecule has 4 rings (SSSR count). The van der Waals surface area contributed by atoms with Crippen molar-refractivity contribution in [2.75, 3.05) is 24.3 Å². The fraction of sp³-hybridized carbons (Fsp3) is 0.192. The lowest BCUT2D eigenvalue weighted by Crippen LogP contribution is -2.14. The number of benzene rings is 3. The predicted molar refractivity (Wildman–Crippen MR) is 128 cm³/mol. The minimum absolute atomic E-state index is 0.0284. The number of para-hydroxylation sites is 1. The van der Waals surface area contributed by atoms with Gasteiger partial charge in [0.25, 0.3) is 0 Å². The van der Waals surface area contributed by atoms with Crippen LogP contribution in [0.25, 0.3) is 10.9 Å². The summed E-state index contributed by atoms with van der Waals surface area (Å²) in [7, 11) is 4.10. The van der Waals surface area contributed by atoms with E-state index in [4.69, 9.17) is 10.7 Å². The molecule has 0 aliphatic carbocycles. The van der Waals surface area contributed by atoms with Gasteiger partial charge in [-0.3, -0.25) is 0 Å². The maximum absolute atomic E-state index is 6.48. The summed E-state index contributed by atoms with van der Waals surface area (Å²) in [4.78, 5) is 6.89. The number of rotatable bonds is 6. The fourth-order valence-corrected chi connectivity index (χ4v) is 3.75. The van der Waals surface area contributed by atoms with Gasteiger partial charge in [-0.15, -0.1) is 0 Å². The molecule has 4 aromatic rings. The number of nitrogens with one attached hydrogen (secondary N) is 1. The fourth-order valence-electron chi connectivity index (χ4n) is 3.75. The van der Waals surface area contributed by atoms with Crippen LogP contribution in [0.3, 0.4) is 0 Å². The molecule has 1 unspecified atom stereocenters. The van der Waals surface area contributed by atoms with Crippen molar-refractivity contribution in [2.45, 2.75) is 19.4 Å². The maximum atomic E-state index is 6.48.